The van der Waals surface area contributed by atoms with Crippen LogP contribution in [0.15, 0.2) is 45.9 Å². The van der Waals surface area contributed by atoms with Gasteiger partial charge in [-0.05, 0) is 50.7 Å². The van der Waals surface area contributed by atoms with Gasteiger partial charge in [-0.1, -0.05) is 24.3 Å². The highest BCUT2D eigenvalue weighted by Gasteiger charge is 2.06. The summed E-state index contributed by atoms with van der Waals surface area (Å²) in [4.78, 5) is 10.7. The summed E-state index contributed by atoms with van der Waals surface area (Å²) in [7, 11) is 0. The van der Waals surface area contributed by atoms with Gasteiger partial charge in [-0.25, -0.2) is 0 Å². The molecule has 2 N–H and O–H groups in total. The van der Waals surface area contributed by atoms with Gasteiger partial charge in [-0.15, -0.1) is 0 Å². The summed E-state index contributed by atoms with van der Waals surface area (Å²) in [5.41, 5.74) is 5.24. The highest BCUT2D eigenvalue weighted by atomic mass is 32.1. The minimum absolute atomic E-state index is 0.192. The Hall–Kier alpha value is -2.67. The van der Waals surface area contributed by atoms with Crippen LogP contribution >= 0.6 is 12.2 Å². The van der Waals surface area contributed by atoms with Crippen molar-refractivity contribution in [1.29, 1.82) is 0 Å². The molecule has 2 aromatic rings. The third-order valence-electron chi connectivity index (χ3n) is 3.14. The van der Waals surface area contributed by atoms with E-state index in [9.17, 15) is 9.90 Å². The second kappa shape index (κ2) is 7.74. The van der Waals surface area contributed by atoms with Crippen molar-refractivity contribution in [2.75, 3.05) is 0 Å². The molecule has 2 rings (SSSR count). The summed E-state index contributed by atoms with van der Waals surface area (Å²) in [5, 5.41) is 18.5. The van der Waals surface area contributed by atoms with Crippen LogP contribution in [0, 0.1) is 0 Å². The van der Waals surface area contributed by atoms with Crippen molar-refractivity contribution < 1.29 is 14.3 Å². The molecule has 0 saturated carbocycles. The smallest absolute Gasteiger partial charge is 0.187 e. The van der Waals surface area contributed by atoms with Crippen molar-refractivity contribution in [1.82, 2.24) is 10.7 Å². The third-order valence-corrected chi connectivity index (χ3v) is 3.35. The topological polar surface area (TPSA) is 89.7 Å². The molecule has 0 aliphatic heterocycles. The Bertz CT molecular complexity index is 764. The average Bonchev–Trinajstić information content (AvgIpc) is 3.02. The van der Waals surface area contributed by atoms with Crippen LogP contribution in [-0.2, 0) is 0 Å². The summed E-state index contributed by atoms with van der Waals surface area (Å²) < 4.78 is 5.22. The van der Waals surface area contributed by atoms with Gasteiger partial charge in [0.1, 0.15) is 17.5 Å². The van der Waals surface area contributed by atoms with Gasteiger partial charge < -0.3 is 19.6 Å². The lowest BCUT2D eigenvalue weighted by Crippen LogP contribution is -2.37. The summed E-state index contributed by atoms with van der Waals surface area (Å²) in [6, 6.07) is 10.6. The first-order valence-corrected chi connectivity index (χ1v) is 7.80. The van der Waals surface area contributed by atoms with Crippen molar-refractivity contribution in [3.63, 3.8) is 0 Å². The molecule has 0 spiro atoms. The first-order valence-electron chi connectivity index (χ1n) is 7.39. The molecule has 0 saturated heterocycles. The lowest BCUT2D eigenvalue weighted by atomic mass is 10.1. The molecule has 7 heteroatoms. The SMILES string of the molecule is C/C(=N/NC(=S)NC(C)C)c1ccc(-c2ccc(C(=O)[O-])o2)cc1. The van der Waals surface area contributed by atoms with E-state index in [2.05, 4.69) is 15.8 Å². The second-order valence-corrected chi connectivity index (χ2v) is 5.87. The predicted octanol–water partition coefficient (Wildman–Crippen LogP) is 1.91. The van der Waals surface area contributed by atoms with E-state index in [1.807, 2.05) is 45.0 Å². The molecule has 0 aliphatic rings. The first kappa shape index (κ1) is 17.7. The Morgan fingerprint density at radius 1 is 1.21 bits per heavy atom. The van der Waals surface area contributed by atoms with Crippen molar-refractivity contribution in [2.24, 2.45) is 5.10 Å². The average molecular weight is 344 g/mol. The Morgan fingerprint density at radius 2 is 1.88 bits per heavy atom. The molecule has 0 fully saturated rings. The largest absolute Gasteiger partial charge is 0.542 e. The van der Waals surface area contributed by atoms with Crippen molar-refractivity contribution in [3.05, 3.63) is 47.7 Å². The highest BCUT2D eigenvalue weighted by Crippen LogP contribution is 2.22. The number of hydrazone groups is 1. The van der Waals surface area contributed by atoms with E-state index in [0.717, 1.165) is 16.8 Å². The maximum absolute atomic E-state index is 10.7. The number of furan rings is 1. The van der Waals surface area contributed by atoms with Crippen LogP contribution in [0.2, 0.25) is 0 Å². The van der Waals surface area contributed by atoms with Crippen molar-refractivity contribution in [3.8, 4) is 11.3 Å². The van der Waals surface area contributed by atoms with E-state index in [1.165, 1.54) is 6.07 Å². The molecule has 0 radical (unpaired) electrons. The van der Waals surface area contributed by atoms with Gasteiger partial charge in [0.2, 0.25) is 0 Å². The molecule has 0 amide bonds. The van der Waals surface area contributed by atoms with Crippen LogP contribution in [0.1, 0.15) is 36.9 Å². The quantitative estimate of drug-likeness (QED) is 0.489. The maximum Gasteiger partial charge on any atom is 0.187 e. The number of rotatable bonds is 5. The fourth-order valence-corrected chi connectivity index (χ4v) is 2.25. The van der Waals surface area contributed by atoms with E-state index < -0.39 is 5.97 Å². The zero-order valence-electron chi connectivity index (χ0n) is 13.6. The minimum Gasteiger partial charge on any atom is -0.542 e. The van der Waals surface area contributed by atoms with Gasteiger partial charge >= 0.3 is 0 Å². The third kappa shape index (κ3) is 4.66. The van der Waals surface area contributed by atoms with Crippen LogP contribution in [0.4, 0.5) is 0 Å². The van der Waals surface area contributed by atoms with Gasteiger partial charge in [0, 0.05) is 11.6 Å². The fraction of sp³-hybridized carbons (Fsp3) is 0.235. The number of hydrogen-bond donors (Lipinski definition) is 2. The second-order valence-electron chi connectivity index (χ2n) is 5.47. The zero-order valence-corrected chi connectivity index (χ0v) is 14.4. The monoisotopic (exact) mass is 344 g/mol. The zero-order chi connectivity index (χ0) is 17.7. The van der Waals surface area contributed by atoms with E-state index in [1.54, 1.807) is 6.07 Å². The Kier molecular flexibility index (Phi) is 5.70. The van der Waals surface area contributed by atoms with E-state index in [-0.39, 0.29) is 11.8 Å². The van der Waals surface area contributed by atoms with E-state index >= 15 is 0 Å². The van der Waals surface area contributed by atoms with Crippen molar-refractivity contribution >= 4 is 29.0 Å². The standard InChI is InChI=1S/C17H19N3O3S/c1-10(2)18-17(24)20-19-11(3)12-4-6-13(7-5-12)14-8-9-15(23-14)16(21)22/h4-10H,1-3H3,(H,21,22)(H2,18,20,24)/p-1/b19-11-. The van der Waals surface area contributed by atoms with Gasteiger partial charge in [-0.3, -0.25) is 5.43 Å². The number of carboxylic acid groups (broad SMARTS) is 1. The molecule has 0 unspecified atom stereocenters. The number of nitrogens with one attached hydrogen (secondary N) is 2. The Labute approximate surface area is 145 Å². The number of carbonyl (C=O) groups excluding carboxylic acids is 1. The minimum atomic E-state index is -1.34. The molecule has 1 heterocycles. The predicted molar refractivity (Wildman–Crippen MR) is 94.7 cm³/mol. The molecule has 6 nitrogen and oxygen atoms in total. The molecule has 0 aliphatic carbocycles. The Morgan fingerprint density at radius 3 is 2.42 bits per heavy atom. The van der Waals surface area contributed by atoms with Crippen LogP contribution in [0.25, 0.3) is 11.3 Å². The summed E-state index contributed by atoms with van der Waals surface area (Å²) >= 11 is 5.11. The fourth-order valence-electron chi connectivity index (χ4n) is 1.97. The highest BCUT2D eigenvalue weighted by molar-refractivity contribution is 7.80. The molecule has 0 atom stereocenters. The maximum atomic E-state index is 10.7. The van der Waals surface area contributed by atoms with E-state index in [0.29, 0.717) is 10.9 Å². The number of nitrogens with zero attached hydrogens (tertiary/aromatic N) is 1. The molecule has 126 valence electrons. The number of thiocarbonyl (C=S) groups is 1. The summed E-state index contributed by atoms with van der Waals surface area (Å²) in [5.74, 6) is -1.06. The lowest BCUT2D eigenvalue weighted by molar-refractivity contribution is -0.257. The van der Waals surface area contributed by atoms with Gasteiger partial charge in [0.25, 0.3) is 0 Å². The molecule has 1 aromatic heterocycles. The van der Waals surface area contributed by atoms with Crippen LogP contribution < -0.4 is 15.8 Å². The molecule has 0 bridgehead atoms. The van der Waals surface area contributed by atoms with Crippen LogP contribution in [-0.4, -0.2) is 22.8 Å². The number of benzene rings is 1. The Balaban J connectivity index is 2.07. The van der Waals surface area contributed by atoms with Gasteiger partial charge in [-0.2, -0.15) is 5.10 Å². The van der Waals surface area contributed by atoms with E-state index in [4.69, 9.17) is 16.6 Å². The lowest BCUT2D eigenvalue weighted by Gasteiger charge is -2.10. The van der Waals surface area contributed by atoms with Crippen LogP contribution in [0.3, 0.4) is 0 Å². The molecular formula is C17H18N3O3S-. The normalized spacial score (nSPS) is 11.4. The summed E-state index contributed by atoms with van der Waals surface area (Å²) in [6.07, 6.45) is 0. The molecule has 24 heavy (non-hydrogen) atoms. The number of hydrogen-bond acceptors (Lipinski definition) is 5. The number of aromatic carboxylic acids is 1. The van der Waals surface area contributed by atoms with Gasteiger partial charge in [0.15, 0.2) is 5.11 Å². The van der Waals surface area contributed by atoms with Crippen molar-refractivity contribution in [2.45, 2.75) is 26.8 Å². The number of carbonyl (C=O) groups is 1. The first-order chi connectivity index (χ1) is 11.4. The molecule has 1 aromatic carbocycles. The van der Waals surface area contributed by atoms with Gasteiger partial charge in [0.05, 0.1) is 5.71 Å². The van der Waals surface area contributed by atoms with Crippen LogP contribution in [0.5, 0.6) is 0 Å². The summed E-state index contributed by atoms with van der Waals surface area (Å²) in [6.45, 7) is 5.84. The molecular weight excluding hydrogens is 326 g/mol. The number of carboxylic acids is 1.